The molecule has 126 valence electrons. The fraction of sp³-hybridized carbons (Fsp3) is 0.167. The lowest BCUT2D eigenvalue weighted by Crippen LogP contribution is -2.23. The summed E-state index contributed by atoms with van der Waals surface area (Å²) in [5.74, 6) is -0.128. The Morgan fingerprint density at radius 1 is 1.08 bits per heavy atom. The average Bonchev–Trinajstić information content (AvgIpc) is 2.59. The van der Waals surface area contributed by atoms with E-state index in [1.165, 1.54) is 18.2 Å². The molecule has 0 saturated carbocycles. The van der Waals surface area contributed by atoms with Gasteiger partial charge in [-0.15, -0.1) is 0 Å². The van der Waals surface area contributed by atoms with Crippen LogP contribution in [0.4, 0.5) is 0 Å². The van der Waals surface area contributed by atoms with Gasteiger partial charge in [0.05, 0.1) is 4.90 Å². The van der Waals surface area contributed by atoms with Crippen molar-refractivity contribution in [3.8, 4) is 0 Å². The van der Waals surface area contributed by atoms with Crippen LogP contribution in [0.3, 0.4) is 0 Å². The summed E-state index contributed by atoms with van der Waals surface area (Å²) in [6, 6.07) is 15.1. The zero-order valence-electron chi connectivity index (χ0n) is 13.6. The molecule has 0 fully saturated rings. The molecule has 0 saturated heterocycles. The van der Waals surface area contributed by atoms with Gasteiger partial charge in [-0.05, 0) is 23.8 Å². The van der Waals surface area contributed by atoms with Gasteiger partial charge in [0, 0.05) is 38.5 Å². The summed E-state index contributed by atoms with van der Waals surface area (Å²) in [6.45, 7) is 0.121. The number of nitrogens with zero attached hydrogens (tertiary/aromatic N) is 1. The first-order valence-electron chi connectivity index (χ1n) is 7.41. The van der Waals surface area contributed by atoms with E-state index in [2.05, 4.69) is 4.72 Å². The zero-order chi connectivity index (χ0) is 17.6. The summed E-state index contributed by atoms with van der Waals surface area (Å²) in [5, 5.41) is 0. The molecular weight excluding hydrogens is 324 g/mol. The van der Waals surface area contributed by atoms with Crippen LogP contribution in [0.5, 0.6) is 0 Å². The molecule has 6 heteroatoms. The number of benzene rings is 2. The van der Waals surface area contributed by atoms with Crippen LogP contribution in [0.2, 0.25) is 0 Å². The number of carbonyl (C=O) groups is 1. The largest absolute Gasteiger partial charge is 0.383 e. The Bertz CT molecular complexity index is 828. The van der Waals surface area contributed by atoms with E-state index >= 15 is 0 Å². The van der Waals surface area contributed by atoms with Gasteiger partial charge in [0.25, 0.3) is 0 Å². The molecule has 0 bridgehead atoms. The molecule has 0 aliphatic heterocycles. The first kappa shape index (κ1) is 17.9. The Morgan fingerprint density at radius 3 is 2.46 bits per heavy atom. The lowest BCUT2D eigenvalue weighted by molar-refractivity contribution is 0.104. The van der Waals surface area contributed by atoms with Crippen LogP contribution in [0.25, 0.3) is 0 Å². The maximum atomic E-state index is 12.2. The molecule has 0 unspecified atom stereocenters. The van der Waals surface area contributed by atoms with E-state index in [0.29, 0.717) is 5.56 Å². The third kappa shape index (κ3) is 5.04. The molecule has 0 spiro atoms. The summed E-state index contributed by atoms with van der Waals surface area (Å²) in [6.07, 6.45) is 3.15. The molecule has 2 aromatic carbocycles. The van der Waals surface area contributed by atoms with Crippen molar-refractivity contribution in [3.63, 3.8) is 0 Å². The van der Waals surface area contributed by atoms with Crippen LogP contribution in [0.15, 0.2) is 71.8 Å². The Labute approximate surface area is 142 Å². The lowest BCUT2D eigenvalue weighted by Gasteiger charge is -2.08. The number of hydrogen-bond acceptors (Lipinski definition) is 4. The molecule has 5 nitrogen and oxygen atoms in total. The SMILES string of the molecule is CN(C)C=CC(=O)c1cccc(CNS(=O)(=O)c2ccccc2)c1. The summed E-state index contributed by atoms with van der Waals surface area (Å²) in [4.78, 5) is 14.1. The highest BCUT2D eigenvalue weighted by atomic mass is 32.2. The second-order valence-electron chi connectivity index (χ2n) is 5.48. The molecule has 0 aliphatic carbocycles. The van der Waals surface area contributed by atoms with Gasteiger partial charge in [-0.1, -0.05) is 36.4 Å². The fourth-order valence-electron chi connectivity index (χ4n) is 2.01. The van der Waals surface area contributed by atoms with Gasteiger partial charge < -0.3 is 4.90 Å². The van der Waals surface area contributed by atoms with Crippen molar-refractivity contribution in [2.45, 2.75) is 11.4 Å². The van der Waals surface area contributed by atoms with E-state index in [0.717, 1.165) is 5.56 Å². The van der Waals surface area contributed by atoms with Crippen LogP contribution in [-0.4, -0.2) is 33.2 Å². The predicted octanol–water partition coefficient (Wildman–Crippen LogP) is 2.42. The van der Waals surface area contributed by atoms with Crippen molar-refractivity contribution in [3.05, 3.63) is 78.0 Å². The fourth-order valence-corrected chi connectivity index (χ4v) is 3.05. The molecule has 0 amide bonds. The van der Waals surface area contributed by atoms with Gasteiger partial charge in [-0.2, -0.15) is 0 Å². The second-order valence-corrected chi connectivity index (χ2v) is 7.25. The van der Waals surface area contributed by atoms with Crippen molar-refractivity contribution in [1.82, 2.24) is 9.62 Å². The summed E-state index contributed by atoms with van der Waals surface area (Å²) in [5.41, 5.74) is 1.24. The molecule has 0 atom stereocenters. The topological polar surface area (TPSA) is 66.5 Å². The summed E-state index contributed by atoms with van der Waals surface area (Å²) >= 11 is 0. The number of carbonyl (C=O) groups excluding carboxylic acids is 1. The molecular formula is C18H20N2O3S. The first-order chi connectivity index (χ1) is 11.4. The highest BCUT2D eigenvalue weighted by Gasteiger charge is 2.13. The monoisotopic (exact) mass is 344 g/mol. The van der Waals surface area contributed by atoms with Crippen LogP contribution in [0, 0.1) is 0 Å². The maximum Gasteiger partial charge on any atom is 0.240 e. The standard InChI is InChI=1S/C18H20N2O3S/c1-20(2)12-11-18(21)16-8-6-7-15(13-16)14-19-24(22,23)17-9-4-3-5-10-17/h3-13,19H,14H2,1-2H3. The van der Waals surface area contributed by atoms with Gasteiger partial charge in [0.2, 0.25) is 10.0 Å². The van der Waals surface area contributed by atoms with Gasteiger partial charge in [-0.25, -0.2) is 13.1 Å². The third-order valence-corrected chi connectivity index (χ3v) is 4.67. The Balaban J connectivity index is 2.09. The molecule has 2 rings (SSSR count). The minimum absolute atomic E-state index is 0.121. The quantitative estimate of drug-likeness (QED) is 0.619. The maximum absolute atomic E-state index is 12.2. The molecule has 0 heterocycles. The minimum Gasteiger partial charge on any atom is -0.383 e. The normalized spacial score (nSPS) is 11.6. The number of sulfonamides is 1. The summed E-state index contributed by atoms with van der Waals surface area (Å²) < 4.78 is 27.0. The number of hydrogen-bond donors (Lipinski definition) is 1. The molecule has 2 aromatic rings. The third-order valence-electron chi connectivity index (χ3n) is 3.26. The van der Waals surface area contributed by atoms with E-state index in [4.69, 9.17) is 0 Å². The molecule has 1 N–H and O–H groups in total. The van der Waals surface area contributed by atoms with Crippen molar-refractivity contribution in [1.29, 1.82) is 0 Å². The zero-order valence-corrected chi connectivity index (χ0v) is 14.5. The smallest absolute Gasteiger partial charge is 0.240 e. The predicted molar refractivity (Wildman–Crippen MR) is 94.1 cm³/mol. The van der Waals surface area contributed by atoms with Crippen molar-refractivity contribution >= 4 is 15.8 Å². The van der Waals surface area contributed by atoms with Crippen LogP contribution in [-0.2, 0) is 16.6 Å². The van der Waals surface area contributed by atoms with Crippen molar-refractivity contribution in [2.24, 2.45) is 0 Å². The van der Waals surface area contributed by atoms with Gasteiger partial charge in [-0.3, -0.25) is 4.79 Å². The van der Waals surface area contributed by atoms with Gasteiger partial charge in [0.15, 0.2) is 5.78 Å². The highest BCUT2D eigenvalue weighted by molar-refractivity contribution is 7.89. The van der Waals surface area contributed by atoms with Crippen LogP contribution < -0.4 is 4.72 Å². The number of ketones is 1. The van der Waals surface area contributed by atoms with E-state index in [1.54, 1.807) is 53.6 Å². The summed E-state index contributed by atoms with van der Waals surface area (Å²) in [7, 11) is 0.0952. The minimum atomic E-state index is -3.57. The van der Waals surface area contributed by atoms with Crippen molar-refractivity contribution < 1.29 is 13.2 Å². The van der Waals surface area contributed by atoms with Gasteiger partial charge in [0.1, 0.15) is 0 Å². The number of allylic oxidation sites excluding steroid dienone is 1. The first-order valence-corrected chi connectivity index (χ1v) is 8.89. The molecule has 0 aromatic heterocycles. The Kier molecular flexibility index (Phi) is 5.89. The average molecular weight is 344 g/mol. The highest BCUT2D eigenvalue weighted by Crippen LogP contribution is 2.11. The molecule has 24 heavy (non-hydrogen) atoms. The van der Waals surface area contributed by atoms with Crippen molar-refractivity contribution in [2.75, 3.05) is 14.1 Å². The lowest BCUT2D eigenvalue weighted by atomic mass is 10.1. The van der Waals surface area contributed by atoms with Crippen LogP contribution >= 0.6 is 0 Å². The molecule has 0 aliphatic rings. The number of nitrogens with one attached hydrogen (secondary N) is 1. The Morgan fingerprint density at radius 2 is 1.79 bits per heavy atom. The van der Waals surface area contributed by atoms with Crippen LogP contribution in [0.1, 0.15) is 15.9 Å². The van der Waals surface area contributed by atoms with E-state index in [-0.39, 0.29) is 17.2 Å². The van der Waals surface area contributed by atoms with E-state index in [1.807, 2.05) is 14.1 Å². The van der Waals surface area contributed by atoms with E-state index in [9.17, 15) is 13.2 Å². The number of rotatable bonds is 7. The van der Waals surface area contributed by atoms with Gasteiger partial charge >= 0.3 is 0 Å². The molecule has 0 radical (unpaired) electrons. The van der Waals surface area contributed by atoms with E-state index < -0.39 is 10.0 Å². The Hall–Kier alpha value is -2.44. The second kappa shape index (κ2) is 7.90.